The predicted octanol–water partition coefficient (Wildman–Crippen LogP) is 5.44. The number of alkyl carbamates (subject to hydrolysis) is 1. The smallest absolute Gasteiger partial charge is 0.408 e. The van der Waals surface area contributed by atoms with Crippen molar-refractivity contribution in [3.05, 3.63) is 34.9 Å². The maximum absolute atomic E-state index is 13.9. The normalized spacial score (nSPS) is 14.3. The molecule has 0 radical (unpaired) electrons. The second kappa shape index (κ2) is 12.9. The fourth-order valence-electron chi connectivity index (χ4n) is 3.93. The van der Waals surface area contributed by atoms with E-state index in [2.05, 4.69) is 24.5 Å². The zero-order valence-corrected chi connectivity index (χ0v) is 23.6. The fraction of sp³-hybridized carbons (Fsp3) is 0.679. The van der Waals surface area contributed by atoms with Crippen LogP contribution in [0.15, 0.2) is 18.2 Å². The first-order valence-corrected chi connectivity index (χ1v) is 12.7. The van der Waals surface area contributed by atoms with Crippen LogP contribution in [-0.2, 0) is 14.3 Å². The molecule has 0 fully saturated rings. The molecule has 3 amide bonds. The lowest BCUT2D eigenvalue weighted by Gasteiger charge is -2.39. The molecular formula is C28H47N3O4. The van der Waals surface area contributed by atoms with Crippen LogP contribution < -0.4 is 10.6 Å². The minimum atomic E-state index is -0.870. The number of aryl methyl sites for hydroxylation is 1. The van der Waals surface area contributed by atoms with E-state index in [0.717, 1.165) is 29.5 Å². The van der Waals surface area contributed by atoms with E-state index < -0.39 is 23.8 Å². The molecule has 0 heterocycles. The first-order chi connectivity index (χ1) is 16.0. The molecule has 0 aliphatic heterocycles. The van der Waals surface area contributed by atoms with E-state index in [4.69, 9.17) is 4.74 Å². The molecule has 0 aliphatic carbocycles. The Morgan fingerprint density at radius 2 is 1.54 bits per heavy atom. The van der Waals surface area contributed by atoms with Crippen LogP contribution in [0.5, 0.6) is 0 Å². The third-order valence-electron chi connectivity index (χ3n) is 5.89. The highest BCUT2D eigenvalue weighted by Crippen LogP contribution is 2.30. The first-order valence-electron chi connectivity index (χ1n) is 12.7. The summed E-state index contributed by atoms with van der Waals surface area (Å²) in [6.45, 7) is 21.0. The number of carbonyl (C=O) groups is 3. The third-order valence-corrected chi connectivity index (χ3v) is 5.89. The molecular weight excluding hydrogens is 442 g/mol. The Morgan fingerprint density at radius 3 is 2.06 bits per heavy atom. The number of ether oxygens (including phenoxy) is 1. The summed E-state index contributed by atoms with van der Waals surface area (Å²) < 4.78 is 5.36. The van der Waals surface area contributed by atoms with Crippen molar-refractivity contribution < 1.29 is 19.1 Å². The molecule has 0 saturated heterocycles. The van der Waals surface area contributed by atoms with Crippen molar-refractivity contribution in [2.45, 2.75) is 119 Å². The van der Waals surface area contributed by atoms with Crippen LogP contribution in [0, 0.1) is 19.8 Å². The molecule has 1 aromatic rings. The number of nitrogens with zero attached hydrogens (tertiary/aromatic N) is 1. The van der Waals surface area contributed by atoms with Gasteiger partial charge in [0.15, 0.2) is 0 Å². The number of rotatable bonds is 10. The van der Waals surface area contributed by atoms with Gasteiger partial charge in [-0.05, 0) is 97.8 Å². The van der Waals surface area contributed by atoms with E-state index in [1.807, 2.05) is 52.8 Å². The van der Waals surface area contributed by atoms with E-state index in [9.17, 15) is 14.4 Å². The molecule has 2 N–H and O–H groups in total. The highest BCUT2D eigenvalue weighted by atomic mass is 16.6. The molecule has 0 saturated carbocycles. The second-order valence-electron chi connectivity index (χ2n) is 11.3. The topological polar surface area (TPSA) is 87.7 Å². The van der Waals surface area contributed by atoms with Gasteiger partial charge in [-0.25, -0.2) is 4.79 Å². The third kappa shape index (κ3) is 9.54. The van der Waals surface area contributed by atoms with Crippen LogP contribution >= 0.6 is 0 Å². The molecule has 3 unspecified atom stereocenters. The van der Waals surface area contributed by atoms with Gasteiger partial charge in [0, 0.05) is 12.1 Å². The minimum Gasteiger partial charge on any atom is -0.444 e. The zero-order valence-electron chi connectivity index (χ0n) is 23.6. The lowest BCUT2D eigenvalue weighted by Crippen LogP contribution is -2.55. The van der Waals surface area contributed by atoms with Gasteiger partial charge in [-0.1, -0.05) is 32.0 Å². The monoisotopic (exact) mass is 489 g/mol. The lowest BCUT2D eigenvalue weighted by atomic mass is 9.92. The highest BCUT2D eigenvalue weighted by Gasteiger charge is 2.38. The van der Waals surface area contributed by atoms with Gasteiger partial charge in [0.1, 0.15) is 17.7 Å². The fourth-order valence-corrected chi connectivity index (χ4v) is 3.93. The summed E-state index contributed by atoms with van der Waals surface area (Å²) in [6, 6.07) is 3.81. The van der Waals surface area contributed by atoms with Crippen molar-refractivity contribution in [2.24, 2.45) is 5.92 Å². The van der Waals surface area contributed by atoms with Gasteiger partial charge < -0.3 is 20.3 Å². The van der Waals surface area contributed by atoms with Crippen LogP contribution in [0.25, 0.3) is 0 Å². The average Bonchev–Trinajstić information content (AvgIpc) is 2.70. The first kappa shape index (κ1) is 30.5. The molecule has 0 spiro atoms. The zero-order chi connectivity index (χ0) is 27.1. The van der Waals surface area contributed by atoms with E-state index in [1.54, 1.807) is 32.6 Å². The largest absolute Gasteiger partial charge is 0.444 e. The molecule has 35 heavy (non-hydrogen) atoms. The van der Waals surface area contributed by atoms with Crippen LogP contribution in [0.4, 0.5) is 4.79 Å². The number of hydrogen-bond donors (Lipinski definition) is 2. The van der Waals surface area contributed by atoms with Crippen molar-refractivity contribution in [3.63, 3.8) is 0 Å². The summed E-state index contributed by atoms with van der Waals surface area (Å²) in [5.74, 6) is -0.102. The molecule has 7 heteroatoms. The molecule has 3 atom stereocenters. The van der Waals surface area contributed by atoms with Gasteiger partial charge in [0.25, 0.3) is 0 Å². The van der Waals surface area contributed by atoms with Crippen molar-refractivity contribution >= 4 is 17.9 Å². The van der Waals surface area contributed by atoms with Gasteiger partial charge in [-0.3, -0.25) is 9.59 Å². The maximum atomic E-state index is 13.9. The Morgan fingerprint density at radius 1 is 0.943 bits per heavy atom. The summed E-state index contributed by atoms with van der Waals surface area (Å²) in [5, 5.41) is 5.67. The predicted molar refractivity (Wildman–Crippen MR) is 141 cm³/mol. The standard InChI is InChI=1S/C28H47N3O4/c1-17(2)15-16-20(6)31(26(33)22(8)30-27(34)35-28(9,10)11)24(25(32)29-18(3)4)23-14-12-13-19(5)21(23)7/h12-14,17-18,20,22,24H,15-16H2,1-11H3,(H,29,32)(H,30,34). The summed E-state index contributed by atoms with van der Waals surface area (Å²) in [7, 11) is 0. The molecule has 198 valence electrons. The molecule has 7 nitrogen and oxygen atoms in total. The number of benzene rings is 1. The van der Waals surface area contributed by atoms with E-state index in [-0.39, 0.29) is 23.9 Å². The van der Waals surface area contributed by atoms with Crippen LogP contribution in [-0.4, -0.2) is 46.5 Å². The Balaban J connectivity index is 3.52. The molecule has 1 aromatic carbocycles. The number of carbonyl (C=O) groups excluding carboxylic acids is 3. The number of amides is 3. The number of nitrogens with one attached hydrogen (secondary N) is 2. The van der Waals surface area contributed by atoms with Crippen molar-refractivity contribution in [3.8, 4) is 0 Å². The second-order valence-corrected chi connectivity index (χ2v) is 11.3. The van der Waals surface area contributed by atoms with Gasteiger partial charge in [0.2, 0.25) is 11.8 Å². The van der Waals surface area contributed by atoms with E-state index >= 15 is 0 Å². The van der Waals surface area contributed by atoms with Gasteiger partial charge in [-0.2, -0.15) is 0 Å². The highest BCUT2D eigenvalue weighted by molar-refractivity contribution is 5.92. The van der Waals surface area contributed by atoms with Gasteiger partial charge in [0.05, 0.1) is 0 Å². The lowest BCUT2D eigenvalue weighted by molar-refractivity contribution is -0.145. The summed E-state index contributed by atoms with van der Waals surface area (Å²) in [6.07, 6.45) is 0.978. The van der Waals surface area contributed by atoms with E-state index in [1.165, 1.54) is 0 Å². The Kier molecular flexibility index (Phi) is 11.3. The Bertz CT molecular complexity index is 873. The molecule has 1 rings (SSSR count). The Hall–Kier alpha value is -2.57. The van der Waals surface area contributed by atoms with Crippen LogP contribution in [0.3, 0.4) is 0 Å². The average molecular weight is 490 g/mol. The van der Waals surface area contributed by atoms with Crippen LogP contribution in [0.1, 0.15) is 97.9 Å². The molecule has 0 bridgehead atoms. The van der Waals surface area contributed by atoms with Crippen molar-refractivity contribution in [1.29, 1.82) is 0 Å². The number of hydrogen-bond acceptors (Lipinski definition) is 4. The summed E-state index contributed by atoms with van der Waals surface area (Å²) in [4.78, 5) is 41.6. The maximum Gasteiger partial charge on any atom is 0.408 e. The van der Waals surface area contributed by atoms with Crippen LogP contribution in [0.2, 0.25) is 0 Å². The molecule has 0 aromatic heterocycles. The molecule has 0 aliphatic rings. The van der Waals surface area contributed by atoms with E-state index in [0.29, 0.717) is 5.92 Å². The quantitative estimate of drug-likeness (QED) is 0.458. The van der Waals surface area contributed by atoms with Crippen molar-refractivity contribution in [1.82, 2.24) is 15.5 Å². The van der Waals surface area contributed by atoms with Gasteiger partial charge >= 0.3 is 6.09 Å². The summed E-state index contributed by atoms with van der Waals surface area (Å²) in [5.41, 5.74) is 2.12. The SMILES string of the molecule is Cc1cccc(C(C(=O)NC(C)C)N(C(=O)C(C)NC(=O)OC(C)(C)C)C(C)CCC(C)C)c1C. The van der Waals surface area contributed by atoms with Gasteiger partial charge in [-0.15, -0.1) is 0 Å². The Labute approximate surface area is 212 Å². The van der Waals surface area contributed by atoms with Crippen molar-refractivity contribution in [2.75, 3.05) is 0 Å². The minimum absolute atomic E-state index is 0.0876. The summed E-state index contributed by atoms with van der Waals surface area (Å²) >= 11 is 0.